The number of amides is 1. The van der Waals surface area contributed by atoms with Crippen molar-refractivity contribution >= 4 is 17.8 Å². The van der Waals surface area contributed by atoms with Crippen LogP contribution in [-0.4, -0.2) is 59.3 Å². The lowest BCUT2D eigenvalue weighted by molar-refractivity contribution is -0.161. The van der Waals surface area contributed by atoms with Gasteiger partial charge in [0.1, 0.15) is 0 Å². The minimum absolute atomic E-state index is 0.154. The van der Waals surface area contributed by atoms with Gasteiger partial charge in [-0.05, 0) is 12.1 Å². The van der Waals surface area contributed by atoms with E-state index in [1.165, 1.54) is 26.2 Å². The first-order valence-electron chi connectivity index (χ1n) is 5.72. The zero-order valence-corrected chi connectivity index (χ0v) is 11.0. The van der Waals surface area contributed by atoms with E-state index in [0.717, 1.165) is 4.90 Å². The molecule has 20 heavy (non-hydrogen) atoms. The van der Waals surface area contributed by atoms with Gasteiger partial charge in [-0.25, -0.2) is 9.59 Å². The number of rotatable bonds is 5. The molecule has 1 aromatic carbocycles. The largest absolute Gasteiger partial charge is 0.479 e. The van der Waals surface area contributed by atoms with Crippen LogP contribution in [-0.2, 0) is 14.3 Å². The first kappa shape index (κ1) is 15.6. The molecule has 1 rings (SSSR count). The highest BCUT2D eigenvalue weighted by atomic mass is 16.6. The number of ether oxygens (including phenoxy) is 1. The molecular weight excluding hydrogens is 266 g/mol. The van der Waals surface area contributed by atoms with Gasteiger partial charge in [-0.3, -0.25) is 4.79 Å². The molecule has 7 heteroatoms. The van der Waals surface area contributed by atoms with E-state index in [1.54, 1.807) is 18.2 Å². The molecule has 2 N–H and O–H groups in total. The number of likely N-dealkylation sites (N-methyl/N-ethyl adjacent to an activating group) is 1. The molecule has 0 radical (unpaired) electrons. The van der Waals surface area contributed by atoms with E-state index in [1.807, 2.05) is 0 Å². The van der Waals surface area contributed by atoms with Gasteiger partial charge >= 0.3 is 11.9 Å². The molecule has 1 aromatic rings. The highest BCUT2D eigenvalue weighted by Crippen LogP contribution is 2.09. The number of benzene rings is 1. The van der Waals surface area contributed by atoms with Gasteiger partial charge in [0.2, 0.25) is 6.10 Å². The van der Waals surface area contributed by atoms with Crippen LogP contribution in [0.25, 0.3) is 0 Å². The van der Waals surface area contributed by atoms with Gasteiger partial charge in [0.05, 0.1) is 5.56 Å². The van der Waals surface area contributed by atoms with Crippen LogP contribution in [0.3, 0.4) is 0 Å². The number of aliphatic carboxylic acids is 1. The van der Waals surface area contributed by atoms with E-state index >= 15 is 0 Å². The van der Waals surface area contributed by atoms with Gasteiger partial charge in [0.15, 0.2) is 6.10 Å². The van der Waals surface area contributed by atoms with Gasteiger partial charge in [-0.2, -0.15) is 0 Å². The molecule has 0 saturated carbocycles. The molecule has 0 aliphatic rings. The Kier molecular flexibility index (Phi) is 5.22. The number of aliphatic hydroxyl groups excluding tert-OH is 1. The van der Waals surface area contributed by atoms with E-state index < -0.39 is 30.1 Å². The van der Waals surface area contributed by atoms with Crippen LogP contribution in [0.15, 0.2) is 30.3 Å². The Hall–Kier alpha value is -2.41. The van der Waals surface area contributed by atoms with Crippen molar-refractivity contribution in [3.63, 3.8) is 0 Å². The van der Waals surface area contributed by atoms with Gasteiger partial charge in [0.25, 0.3) is 5.91 Å². The molecule has 0 spiro atoms. The second-order valence-electron chi connectivity index (χ2n) is 4.21. The van der Waals surface area contributed by atoms with Crippen molar-refractivity contribution in [1.29, 1.82) is 0 Å². The summed E-state index contributed by atoms with van der Waals surface area (Å²) < 4.78 is 4.82. The summed E-state index contributed by atoms with van der Waals surface area (Å²) in [5, 5.41) is 18.2. The summed E-state index contributed by atoms with van der Waals surface area (Å²) in [5.74, 6) is -3.35. The Balaban J connectivity index is 2.93. The monoisotopic (exact) mass is 281 g/mol. The number of carbonyl (C=O) groups is 3. The Labute approximate surface area is 115 Å². The summed E-state index contributed by atoms with van der Waals surface area (Å²) in [6, 6.07) is 7.77. The summed E-state index contributed by atoms with van der Waals surface area (Å²) in [4.78, 5) is 35.4. The maximum atomic E-state index is 11.8. The number of carboxylic acids is 1. The Morgan fingerprint density at radius 1 is 1.15 bits per heavy atom. The van der Waals surface area contributed by atoms with E-state index in [-0.39, 0.29) is 5.56 Å². The molecule has 7 nitrogen and oxygen atoms in total. The molecular formula is C13H15NO6. The van der Waals surface area contributed by atoms with Crippen LogP contribution in [0.2, 0.25) is 0 Å². The molecule has 0 aromatic heterocycles. The van der Waals surface area contributed by atoms with Crippen molar-refractivity contribution < 1.29 is 29.3 Å². The van der Waals surface area contributed by atoms with Crippen molar-refractivity contribution in [3.8, 4) is 0 Å². The van der Waals surface area contributed by atoms with E-state index in [0.29, 0.717) is 0 Å². The van der Waals surface area contributed by atoms with E-state index in [2.05, 4.69) is 0 Å². The van der Waals surface area contributed by atoms with Crippen molar-refractivity contribution in [2.75, 3.05) is 14.1 Å². The standard InChI is InChI=1S/C13H15NO6/c1-14(2)11(16)10(9(15)12(17)18)20-13(19)8-6-4-3-5-7-8/h3-7,9-10,15H,1-2H3,(H,17,18)/t9-,10-/m1/s1. The highest BCUT2D eigenvalue weighted by molar-refractivity contribution is 5.94. The minimum Gasteiger partial charge on any atom is -0.479 e. The van der Waals surface area contributed by atoms with Crippen molar-refractivity contribution in [2.24, 2.45) is 0 Å². The number of hydrogen-bond donors (Lipinski definition) is 2. The van der Waals surface area contributed by atoms with E-state index in [4.69, 9.17) is 9.84 Å². The molecule has 2 atom stereocenters. The second-order valence-corrected chi connectivity index (χ2v) is 4.21. The summed E-state index contributed by atoms with van der Waals surface area (Å²) in [6.07, 6.45) is -3.92. The first-order chi connectivity index (χ1) is 9.34. The Morgan fingerprint density at radius 2 is 1.70 bits per heavy atom. The number of esters is 1. The fraction of sp³-hybridized carbons (Fsp3) is 0.308. The van der Waals surface area contributed by atoms with Crippen LogP contribution in [0.1, 0.15) is 10.4 Å². The predicted molar refractivity (Wildman–Crippen MR) is 68.0 cm³/mol. The van der Waals surface area contributed by atoms with Crippen molar-refractivity contribution in [3.05, 3.63) is 35.9 Å². The average Bonchev–Trinajstić information content (AvgIpc) is 2.43. The quantitative estimate of drug-likeness (QED) is 0.721. The summed E-state index contributed by atoms with van der Waals surface area (Å²) in [5.41, 5.74) is 0.154. The first-order valence-corrected chi connectivity index (χ1v) is 5.72. The molecule has 0 saturated heterocycles. The van der Waals surface area contributed by atoms with Crippen LogP contribution >= 0.6 is 0 Å². The number of nitrogens with zero attached hydrogens (tertiary/aromatic N) is 1. The molecule has 0 aliphatic carbocycles. The number of carboxylic acid groups (broad SMARTS) is 1. The van der Waals surface area contributed by atoms with Gasteiger partial charge < -0.3 is 19.8 Å². The van der Waals surface area contributed by atoms with Crippen molar-refractivity contribution in [1.82, 2.24) is 4.90 Å². The third-order valence-electron chi connectivity index (χ3n) is 2.47. The highest BCUT2D eigenvalue weighted by Gasteiger charge is 2.36. The Morgan fingerprint density at radius 3 is 2.15 bits per heavy atom. The topological polar surface area (TPSA) is 104 Å². The third-order valence-corrected chi connectivity index (χ3v) is 2.47. The zero-order valence-electron chi connectivity index (χ0n) is 11.0. The van der Waals surface area contributed by atoms with Crippen LogP contribution in [0, 0.1) is 0 Å². The summed E-state index contributed by atoms with van der Waals surface area (Å²) in [7, 11) is 2.72. The van der Waals surface area contributed by atoms with Crippen LogP contribution in [0.4, 0.5) is 0 Å². The number of carbonyl (C=O) groups excluding carboxylic acids is 2. The normalized spacial score (nSPS) is 13.2. The molecule has 0 bridgehead atoms. The molecule has 0 aliphatic heterocycles. The minimum atomic E-state index is -2.13. The molecule has 108 valence electrons. The van der Waals surface area contributed by atoms with Crippen molar-refractivity contribution in [2.45, 2.75) is 12.2 Å². The van der Waals surface area contributed by atoms with E-state index in [9.17, 15) is 19.5 Å². The SMILES string of the molecule is CN(C)C(=O)[C@H](OC(=O)c1ccccc1)[C@@H](O)C(=O)O. The van der Waals surface area contributed by atoms with Gasteiger partial charge in [-0.1, -0.05) is 18.2 Å². The lowest BCUT2D eigenvalue weighted by Crippen LogP contribution is -2.47. The maximum Gasteiger partial charge on any atom is 0.339 e. The Bertz CT molecular complexity index is 499. The smallest absolute Gasteiger partial charge is 0.339 e. The molecule has 0 heterocycles. The molecule has 0 fully saturated rings. The van der Waals surface area contributed by atoms with Crippen LogP contribution < -0.4 is 0 Å². The summed E-state index contributed by atoms with van der Waals surface area (Å²) in [6.45, 7) is 0. The second kappa shape index (κ2) is 6.67. The average molecular weight is 281 g/mol. The number of aliphatic hydroxyl groups is 1. The fourth-order valence-corrected chi connectivity index (χ4v) is 1.39. The third kappa shape index (κ3) is 3.79. The lowest BCUT2D eigenvalue weighted by Gasteiger charge is -2.22. The zero-order chi connectivity index (χ0) is 15.3. The molecule has 0 unspecified atom stereocenters. The van der Waals surface area contributed by atoms with Gasteiger partial charge in [0, 0.05) is 14.1 Å². The molecule has 1 amide bonds. The van der Waals surface area contributed by atoms with Gasteiger partial charge in [-0.15, -0.1) is 0 Å². The predicted octanol–water partition coefficient (Wildman–Crippen LogP) is -0.254. The number of hydrogen-bond acceptors (Lipinski definition) is 5. The lowest BCUT2D eigenvalue weighted by atomic mass is 10.1. The van der Waals surface area contributed by atoms with Crippen LogP contribution in [0.5, 0.6) is 0 Å². The fourth-order valence-electron chi connectivity index (χ4n) is 1.39. The summed E-state index contributed by atoms with van der Waals surface area (Å²) >= 11 is 0. The maximum absolute atomic E-state index is 11.8.